The van der Waals surface area contributed by atoms with Crippen molar-refractivity contribution in [3.8, 4) is 0 Å². The van der Waals surface area contributed by atoms with Gasteiger partial charge in [-0.25, -0.2) is 0 Å². The molecule has 0 aliphatic carbocycles. The average Bonchev–Trinajstić information content (AvgIpc) is 2.23. The van der Waals surface area contributed by atoms with Gasteiger partial charge >= 0.3 is 0 Å². The van der Waals surface area contributed by atoms with Crippen LogP contribution in [0.5, 0.6) is 0 Å². The topological polar surface area (TPSA) is 20.2 Å². The molecule has 0 bridgehead atoms. The largest absolute Gasteiger partial charge is 0.390 e. The Morgan fingerprint density at radius 1 is 1.31 bits per heavy atom. The molecule has 0 saturated carbocycles. The molecule has 0 amide bonds. The van der Waals surface area contributed by atoms with Crippen molar-refractivity contribution in [1.82, 2.24) is 0 Å². The molecule has 0 aromatic heterocycles. The number of halogens is 1. The summed E-state index contributed by atoms with van der Waals surface area (Å²) >= 11 is 6.18. The zero-order valence-electron chi connectivity index (χ0n) is 10.4. The van der Waals surface area contributed by atoms with Crippen LogP contribution in [0.1, 0.15) is 44.2 Å². The maximum absolute atomic E-state index is 10.4. The van der Waals surface area contributed by atoms with E-state index < -0.39 is 5.60 Å². The highest BCUT2D eigenvalue weighted by molar-refractivity contribution is 6.31. The van der Waals surface area contributed by atoms with E-state index in [1.54, 1.807) is 0 Å². The predicted molar refractivity (Wildman–Crippen MR) is 70.0 cm³/mol. The number of rotatable bonds is 5. The van der Waals surface area contributed by atoms with Gasteiger partial charge in [0.15, 0.2) is 0 Å². The summed E-state index contributed by atoms with van der Waals surface area (Å²) in [7, 11) is 0. The van der Waals surface area contributed by atoms with Gasteiger partial charge in [0.25, 0.3) is 0 Å². The number of hydrogen-bond acceptors (Lipinski definition) is 1. The molecule has 1 N–H and O–H groups in total. The van der Waals surface area contributed by atoms with Crippen LogP contribution >= 0.6 is 11.6 Å². The fourth-order valence-electron chi connectivity index (χ4n) is 2.01. The van der Waals surface area contributed by atoms with Crippen molar-refractivity contribution in [2.45, 2.75) is 52.1 Å². The summed E-state index contributed by atoms with van der Waals surface area (Å²) in [6, 6.07) is 6.02. The summed E-state index contributed by atoms with van der Waals surface area (Å²) in [4.78, 5) is 0. The second-order valence-electron chi connectivity index (χ2n) is 4.60. The Balaban J connectivity index is 2.85. The first-order valence-corrected chi connectivity index (χ1v) is 6.36. The average molecular weight is 241 g/mol. The lowest BCUT2D eigenvalue weighted by Crippen LogP contribution is -2.30. The summed E-state index contributed by atoms with van der Waals surface area (Å²) in [5.74, 6) is 0. The molecule has 16 heavy (non-hydrogen) atoms. The first-order chi connectivity index (χ1) is 7.50. The highest BCUT2D eigenvalue weighted by Gasteiger charge is 2.24. The van der Waals surface area contributed by atoms with Crippen molar-refractivity contribution in [3.63, 3.8) is 0 Å². The van der Waals surface area contributed by atoms with Crippen molar-refractivity contribution < 1.29 is 5.11 Å². The summed E-state index contributed by atoms with van der Waals surface area (Å²) < 4.78 is 0. The minimum Gasteiger partial charge on any atom is -0.390 e. The van der Waals surface area contributed by atoms with Crippen LogP contribution in [-0.4, -0.2) is 10.7 Å². The van der Waals surface area contributed by atoms with E-state index in [2.05, 4.69) is 6.92 Å². The molecule has 0 spiro atoms. The lowest BCUT2D eigenvalue weighted by Gasteiger charge is -2.27. The van der Waals surface area contributed by atoms with E-state index in [0.717, 1.165) is 35.4 Å². The number of hydrogen-bond donors (Lipinski definition) is 1. The molecule has 1 unspecified atom stereocenters. The molecule has 1 atom stereocenters. The quantitative estimate of drug-likeness (QED) is 0.821. The van der Waals surface area contributed by atoms with Gasteiger partial charge in [-0.1, -0.05) is 44.0 Å². The normalized spacial score (nSPS) is 14.8. The van der Waals surface area contributed by atoms with Crippen LogP contribution in [0.3, 0.4) is 0 Å². The molecule has 0 radical (unpaired) electrons. The fraction of sp³-hybridized carbons (Fsp3) is 0.571. The van der Waals surface area contributed by atoms with Crippen LogP contribution in [0.25, 0.3) is 0 Å². The molecule has 1 aromatic carbocycles. The maximum atomic E-state index is 10.4. The minimum atomic E-state index is -0.604. The van der Waals surface area contributed by atoms with E-state index in [1.807, 2.05) is 32.0 Å². The number of aryl methyl sites for hydroxylation is 1. The minimum absolute atomic E-state index is 0.604. The Morgan fingerprint density at radius 3 is 2.50 bits per heavy atom. The van der Waals surface area contributed by atoms with Gasteiger partial charge < -0.3 is 5.11 Å². The zero-order valence-corrected chi connectivity index (χ0v) is 11.1. The first kappa shape index (κ1) is 13.5. The smallest absolute Gasteiger partial charge is 0.0685 e. The van der Waals surface area contributed by atoms with E-state index in [-0.39, 0.29) is 0 Å². The van der Waals surface area contributed by atoms with Crippen molar-refractivity contribution in [2.75, 3.05) is 0 Å². The Bertz CT molecular complexity index is 349. The maximum Gasteiger partial charge on any atom is 0.0685 e. The standard InChI is InChI=1S/C14H21ClO/c1-4-8-14(16,5-2)10-12-7-6-11(3)9-13(12)15/h6-7,9,16H,4-5,8,10H2,1-3H3. The third-order valence-electron chi connectivity index (χ3n) is 3.10. The van der Waals surface area contributed by atoms with Gasteiger partial charge in [-0.2, -0.15) is 0 Å². The molecule has 1 nitrogen and oxygen atoms in total. The van der Waals surface area contributed by atoms with Gasteiger partial charge in [-0.05, 0) is 37.0 Å². The van der Waals surface area contributed by atoms with Gasteiger partial charge in [0.2, 0.25) is 0 Å². The molecule has 1 aromatic rings. The molecular weight excluding hydrogens is 220 g/mol. The highest BCUT2D eigenvalue weighted by Crippen LogP contribution is 2.27. The van der Waals surface area contributed by atoms with Crippen LogP contribution < -0.4 is 0 Å². The summed E-state index contributed by atoms with van der Waals surface area (Å²) in [6.07, 6.45) is 3.24. The van der Waals surface area contributed by atoms with Gasteiger partial charge in [-0.3, -0.25) is 0 Å². The molecule has 1 rings (SSSR count). The van der Waals surface area contributed by atoms with Gasteiger partial charge in [0, 0.05) is 11.4 Å². The molecule has 2 heteroatoms. The number of benzene rings is 1. The Morgan fingerprint density at radius 2 is 2.00 bits per heavy atom. The first-order valence-electron chi connectivity index (χ1n) is 5.98. The summed E-state index contributed by atoms with van der Waals surface area (Å²) in [6.45, 7) is 6.14. The van der Waals surface area contributed by atoms with Crippen molar-refractivity contribution >= 4 is 11.6 Å². The Kier molecular flexibility index (Phi) is 4.82. The third kappa shape index (κ3) is 3.50. The van der Waals surface area contributed by atoms with Crippen LogP contribution in [-0.2, 0) is 6.42 Å². The van der Waals surface area contributed by atoms with Crippen LogP contribution in [0.2, 0.25) is 5.02 Å². The second-order valence-corrected chi connectivity index (χ2v) is 5.01. The highest BCUT2D eigenvalue weighted by atomic mass is 35.5. The van der Waals surface area contributed by atoms with Crippen LogP contribution in [0.15, 0.2) is 18.2 Å². The van der Waals surface area contributed by atoms with Crippen LogP contribution in [0, 0.1) is 6.92 Å². The van der Waals surface area contributed by atoms with E-state index >= 15 is 0 Å². The van der Waals surface area contributed by atoms with Crippen molar-refractivity contribution in [1.29, 1.82) is 0 Å². The SMILES string of the molecule is CCCC(O)(CC)Cc1ccc(C)cc1Cl. The fourth-order valence-corrected chi connectivity index (χ4v) is 2.31. The molecule has 0 aliphatic rings. The van der Waals surface area contributed by atoms with Crippen molar-refractivity contribution in [3.05, 3.63) is 34.3 Å². The van der Waals surface area contributed by atoms with E-state index in [0.29, 0.717) is 6.42 Å². The lowest BCUT2D eigenvalue weighted by molar-refractivity contribution is 0.0271. The van der Waals surface area contributed by atoms with Crippen LogP contribution in [0.4, 0.5) is 0 Å². The molecule has 90 valence electrons. The van der Waals surface area contributed by atoms with Gasteiger partial charge in [-0.15, -0.1) is 0 Å². The van der Waals surface area contributed by atoms with E-state index in [9.17, 15) is 5.11 Å². The third-order valence-corrected chi connectivity index (χ3v) is 3.45. The predicted octanol–water partition coefficient (Wildman–Crippen LogP) is 4.13. The Hall–Kier alpha value is -0.530. The Labute approximate surface area is 103 Å². The molecular formula is C14H21ClO. The second kappa shape index (κ2) is 5.70. The van der Waals surface area contributed by atoms with E-state index in [1.165, 1.54) is 0 Å². The van der Waals surface area contributed by atoms with E-state index in [4.69, 9.17) is 11.6 Å². The summed E-state index contributed by atoms with van der Waals surface area (Å²) in [5.41, 5.74) is 1.60. The monoisotopic (exact) mass is 240 g/mol. The molecule has 0 saturated heterocycles. The lowest BCUT2D eigenvalue weighted by atomic mass is 9.87. The molecule has 0 fully saturated rings. The molecule has 0 heterocycles. The molecule has 0 aliphatic heterocycles. The summed E-state index contributed by atoms with van der Waals surface area (Å²) in [5, 5.41) is 11.2. The number of aliphatic hydroxyl groups is 1. The van der Waals surface area contributed by atoms with Crippen molar-refractivity contribution in [2.24, 2.45) is 0 Å². The van der Waals surface area contributed by atoms with Gasteiger partial charge in [0.05, 0.1) is 5.60 Å². The van der Waals surface area contributed by atoms with Gasteiger partial charge in [0.1, 0.15) is 0 Å². The zero-order chi connectivity index (χ0) is 12.2.